The zero-order valence-corrected chi connectivity index (χ0v) is 11.4. The predicted molar refractivity (Wildman–Crippen MR) is 72.2 cm³/mol. The van der Waals surface area contributed by atoms with Gasteiger partial charge in [0.2, 0.25) is 11.8 Å². The molecular formula is C13H24N4O2. The van der Waals surface area contributed by atoms with Crippen molar-refractivity contribution >= 4 is 11.8 Å². The van der Waals surface area contributed by atoms with Crippen molar-refractivity contribution in [1.82, 2.24) is 10.2 Å². The van der Waals surface area contributed by atoms with Crippen molar-refractivity contribution in [2.24, 2.45) is 11.5 Å². The summed E-state index contributed by atoms with van der Waals surface area (Å²) < 4.78 is 0. The van der Waals surface area contributed by atoms with Gasteiger partial charge in [0.25, 0.3) is 0 Å². The lowest BCUT2D eigenvalue weighted by Crippen LogP contribution is -2.52. The highest BCUT2D eigenvalue weighted by Gasteiger charge is 2.35. The molecule has 1 heterocycles. The molecule has 1 aliphatic carbocycles. The molecule has 2 aliphatic rings. The van der Waals surface area contributed by atoms with Gasteiger partial charge in [-0.1, -0.05) is 0 Å². The van der Waals surface area contributed by atoms with E-state index in [2.05, 4.69) is 5.32 Å². The van der Waals surface area contributed by atoms with Gasteiger partial charge in [0.05, 0.1) is 6.54 Å². The summed E-state index contributed by atoms with van der Waals surface area (Å²) in [7, 11) is 0. The Balaban J connectivity index is 1.67. The zero-order valence-electron chi connectivity index (χ0n) is 11.4. The van der Waals surface area contributed by atoms with Crippen LogP contribution >= 0.6 is 0 Å². The number of hydrogen-bond acceptors (Lipinski definition) is 4. The third-order valence-corrected chi connectivity index (χ3v) is 4.19. The molecule has 0 aromatic carbocycles. The number of rotatable bonds is 5. The van der Waals surface area contributed by atoms with Crippen LogP contribution in [0.3, 0.4) is 0 Å². The quantitative estimate of drug-likeness (QED) is 0.615. The van der Waals surface area contributed by atoms with Crippen LogP contribution in [0, 0.1) is 0 Å². The fraction of sp³-hybridized carbons (Fsp3) is 0.846. The number of carbonyl (C=O) groups excluding carboxylic acids is 2. The summed E-state index contributed by atoms with van der Waals surface area (Å²) >= 11 is 0. The summed E-state index contributed by atoms with van der Waals surface area (Å²) in [5, 5.41) is 3.06. The molecule has 5 N–H and O–H groups in total. The minimum absolute atomic E-state index is 0.0653. The standard InChI is InChI=1S/C13H24N4O2/c14-11(18)9-17-6-2-10(3-7-17)16-12(19)8-13(15)4-1-5-13/h10H,1-9,15H2,(H2,14,18)(H,16,19). The normalized spacial score (nSPS) is 23.6. The first-order valence-electron chi connectivity index (χ1n) is 7.06. The van der Waals surface area contributed by atoms with E-state index >= 15 is 0 Å². The van der Waals surface area contributed by atoms with Crippen molar-refractivity contribution in [3.05, 3.63) is 0 Å². The number of nitrogens with zero attached hydrogens (tertiary/aromatic N) is 1. The van der Waals surface area contributed by atoms with Gasteiger partial charge < -0.3 is 16.8 Å². The van der Waals surface area contributed by atoms with Crippen molar-refractivity contribution in [2.75, 3.05) is 19.6 Å². The van der Waals surface area contributed by atoms with Gasteiger partial charge in [-0.15, -0.1) is 0 Å². The molecular weight excluding hydrogens is 244 g/mol. The van der Waals surface area contributed by atoms with E-state index in [1.165, 1.54) is 0 Å². The average Bonchev–Trinajstić information content (AvgIpc) is 2.29. The smallest absolute Gasteiger partial charge is 0.231 e. The Morgan fingerprint density at radius 2 is 1.89 bits per heavy atom. The Bertz CT molecular complexity index is 347. The Hall–Kier alpha value is -1.14. The minimum atomic E-state index is -0.294. The molecule has 0 bridgehead atoms. The van der Waals surface area contributed by atoms with Gasteiger partial charge in [0.15, 0.2) is 0 Å². The third-order valence-electron chi connectivity index (χ3n) is 4.19. The summed E-state index contributed by atoms with van der Waals surface area (Å²) in [6.45, 7) is 1.93. The monoisotopic (exact) mass is 268 g/mol. The van der Waals surface area contributed by atoms with Crippen LogP contribution in [0.2, 0.25) is 0 Å². The van der Waals surface area contributed by atoms with E-state index in [0.717, 1.165) is 45.2 Å². The molecule has 2 fully saturated rings. The lowest BCUT2D eigenvalue weighted by Gasteiger charge is -2.38. The first-order valence-corrected chi connectivity index (χ1v) is 7.06. The van der Waals surface area contributed by atoms with Crippen molar-refractivity contribution in [3.8, 4) is 0 Å². The maximum atomic E-state index is 11.9. The van der Waals surface area contributed by atoms with Crippen LogP contribution in [-0.4, -0.2) is 47.9 Å². The van der Waals surface area contributed by atoms with Gasteiger partial charge in [-0.05, 0) is 32.1 Å². The molecule has 2 rings (SSSR count). The second kappa shape index (κ2) is 5.88. The summed E-state index contributed by atoms with van der Waals surface area (Å²) in [6.07, 6.45) is 5.23. The molecule has 0 radical (unpaired) electrons. The maximum Gasteiger partial charge on any atom is 0.231 e. The van der Waals surface area contributed by atoms with Gasteiger partial charge in [-0.3, -0.25) is 14.5 Å². The van der Waals surface area contributed by atoms with Gasteiger partial charge >= 0.3 is 0 Å². The van der Waals surface area contributed by atoms with Crippen LogP contribution in [0.1, 0.15) is 38.5 Å². The largest absolute Gasteiger partial charge is 0.369 e. The highest BCUT2D eigenvalue weighted by molar-refractivity contribution is 5.77. The van der Waals surface area contributed by atoms with E-state index in [-0.39, 0.29) is 23.4 Å². The fourth-order valence-corrected chi connectivity index (χ4v) is 2.86. The van der Waals surface area contributed by atoms with Crippen LogP contribution in [-0.2, 0) is 9.59 Å². The predicted octanol–water partition coefficient (Wildman–Crippen LogP) is -0.676. The number of nitrogens with one attached hydrogen (secondary N) is 1. The number of nitrogens with two attached hydrogens (primary N) is 2. The van der Waals surface area contributed by atoms with Gasteiger partial charge in [-0.25, -0.2) is 0 Å². The molecule has 1 saturated heterocycles. The number of carbonyl (C=O) groups is 2. The van der Waals surface area contributed by atoms with E-state index in [4.69, 9.17) is 11.5 Å². The fourth-order valence-electron chi connectivity index (χ4n) is 2.86. The lowest BCUT2D eigenvalue weighted by atomic mass is 9.75. The molecule has 1 saturated carbocycles. The summed E-state index contributed by atoms with van der Waals surface area (Å²) in [6, 6.07) is 0.209. The molecule has 6 heteroatoms. The summed E-state index contributed by atoms with van der Waals surface area (Å²) in [5.74, 6) is -0.229. The molecule has 0 aromatic heterocycles. The summed E-state index contributed by atoms with van der Waals surface area (Å²) in [5.41, 5.74) is 11.0. The Morgan fingerprint density at radius 1 is 1.26 bits per heavy atom. The lowest BCUT2D eigenvalue weighted by molar-refractivity contribution is -0.124. The molecule has 0 spiro atoms. The molecule has 2 amide bonds. The van der Waals surface area contributed by atoms with Gasteiger partial charge in [0, 0.05) is 31.1 Å². The molecule has 108 valence electrons. The second-order valence-electron chi connectivity index (χ2n) is 5.98. The number of primary amides is 1. The number of piperidine rings is 1. The van der Waals surface area contributed by atoms with E-state index < -0.39 is 0 Å². The van der Waals surface area contributed by atoms with E-state index in [1.54, 1.807) is 0 Å². The van der Waals surface area contributed by atoms with E-state index in [1.807, 2.05) is 4.90 Å². The highest BCUT2D eigenvalue weighted by Crippen LogP contribution is 2.32. The zero-order chi connectivity index (χ0) is 13.9. The first kappa shape index (κ1) is 14.3. The van der Waals surface area contributed by atoms with Crippen LogP contribution < -0.4 is 16.8 Å². The Labute approximate surface area is 113 Å². The van der Waals surface area contributed by atoms with Crippen LogP contribution in [0.5, 0.6) is 0 Å². The second-order valence-corrected chi connectivity index (χ2v) is 5.98. The number of likely N-dealkylation sites (tertiary alicyclic amines) is 1. The van der Waals surface area contributed by atoms with Crippen LogP contribution in [0.4, 0.5) is 0 Å². The van der Waals surface area contributed by atoms with Gasteiger partial charge in [-0.2, -0.15) is 0 Å². The van der Waals surface area contributed by atoms with Crippen molar-refractivity contribution < 1.29 is 9.59 Å². The van der Waals surface area contributed by atoms with Gasteiger partial charge in [0.1, 0.15) is 0 Å². The van der Waals surface area contributed by atoms with Crippen LogP contribution in [0.25, 0.3) is 0 Å². The van der Waals surface area contributed by atoms with E-state index in [0.29, 0.717) is 13.0 Å². The molecule has 6 nitrogen and oxygen atoms in total. The number of hydrogen-bond donors (Lipinski definition) is 3. The van der Waals surface area contributed by atoms with E-state index in [9.17, 15) is 9.59 Å². The topological polar surface area (TPSA) is 101 Å². The molecule has 19 heavy (non-hydrogen) atoms. The number of amides is 2. The van der Waals surface area contributed by atoms with Crippen molar-refractivity contribution in [2.45, 2.75) is 50.1 Å². The van der Waals surface area contributed by atoms with Crippen molar-refractivity contribution in [1.29, 1.82) is 0 Å². The Morgan fingerprint density at radius 3 is 2.37 bits per heavy atom. The summed E-state index contributed by atoms with van der Waals surface area (Å²) in [4.78, 5) is 24.7. The minimum Gasteiger partial charge on any atom is -0.369 e. The Kier molecular flexibility index (Phi) is 4.42. The SMILES string of the molecule is NC(=O)CN1CCC(NC(=O)CC2(N)CCC2)CC1. The average molecular weight is 268 g/mol. The third kappa shape index (κ3) is 4.18. The first-order chi connectivity index (χ1) is 8.97. The molecule has 1 aliphatic heterocycles. The molecule has 0 aromatic rings. The maximum absolute atomic E-state index is 11.9. The molecule has 0 unspecified atom stereocenters. The van der Waals surface area contributed by atoms with Crippen molar-refractivity contribution in [3.63, 3.8) is 0 Å². The molecule has 0 atom stereocenters. The highest BCUT2D eigenvalue weighted by atomic mass is 16.2. The van der Waals surface area contributed by atoms with Crippen LogP contribution in [0.15, 0.2) is 0 Å².